The molecule has 1 heterocycles. The molecule has 0 radical (unpaired) electrons. The number of Topliss-reactive ketones (excluding diaryl/α,β-unsaturated/α-hetero) is 1. The molecular formula is C19H16BrN3O2. The molecule has 0 saturated heterocycles. The molecule has 0 bridgehead atoms. The summed E-state index contributed by atoms with van der Waals surface area (Å²) in [7, 11) is 0. The van der Waals surface area contributed by atoms with Crippen LogP contribution in [0.4, 0.5) is 5.69 Å². The van der Waals surface area contributed by atoms with Gasteiger partial charge in [-0.3, -0.25) is 19.7 Å². The van der Waals surface area contributed by atoms with Crippen molar-refractivity contribution in [3.05, 3.63) is 80.2 Å². The number of nitrogens with zero attached hydrogens (tertiary/aromatic N) is 2. The fourth-order valence-corrected chi connectivity index (χ4v) is 2.67. The topological polar surface area (TPSA) is 67.2 Å². The van der Waals surface area contributed by atoms with Gasteiger partial charge in [0.25, 0.3) is 5.56 Å². The second-order valence-electron chi connectivity index (χ2n) is 5.63. The van der Waals surface area contributed by atoms with Crippen molar-refractivity contribution in [2.75, 3.05) is 0 Å². The summed E-state index contributed by atoms with van der Waals surface area (Å²) in [4.78, 5) is 28.3. The zero-order valence-corrected chi connectivity index (χ0v) is 15.4. The number of nitrogens with one attached hydrogen (secondary N) is 1. The Kier molecular flexibility index (Phi) is 4.81. The predicted octanol–water partition coefficient (Wildman–Crippen LogP) is 4.19. The maximum atomic E-state index is 12.6. The van der Waals surface area contributed by atoms with Crippen LogP contribution in [0.5, 0.6) is 0 Å². The van der Waals surface area contributed by atoms with E-state index in [-0.39, 0.29) is 11.3 Å². The van der Waals surface area contributed by atoms with Crippen molar-refractivity contribution < 1.29 is 4.79 Å². The Morgan fingerprint density at radius 2 is 1.76 bits per heavy atom. The highest BCUT2D eigenvalue weighted by Crippen LogP contribution is 2.15. The first-order valence-electron chi connectivity index (χ1n) is 7.68. The van der Waals surface area contributed by atoms with Crippen molar-refractivity contribution in [3.63, 3.8) is 0 Å². The lowest BCUT2D eigenvalue weighted by Gasteiger charge is -2.00. The number of hydrogen-bond donors (Lipinski definition) is 1. The quantitative estimate of drug-likeness (QED) is 0.529. The van der Waals surface area contributed by atoms with Gasteiger partial charge in [-0.1, -0.05) is 15.9 Å². The van der Waals surface area contributed by atoms with E-state index in [1.807, 2.05) is 31.2 Å². The van der Waals surface area contributed by atoms with E-state index in [4.69, 9.17) is 0 Å². The molecule has 0 aliphatic heterocycles. The van der Waals surface area contributed by atoms with Gasteiger partial charge in [0.1, 0.15) is 0 Å². The number of carbonyl (C=O) groups excluding carboxylic acids is 1. The van der Waals surface area contributed by atoms with Gasteiger partial charge in [0, 0.05) is 21.9 Å². The minimum atomic E-state index is -0.163. The number of hydrogen-bond acceptors (Lipinski definition) is 3. The summed E-state index contributed by atoms with van der Waals surface area (Å²) in [5.74, 6) is 0.00870. The van der Waals surface area contributed by atoms with Crippen LogP contribution in [0.25, 0.3) is 5.69 Å². The maximum absolute atomic E-state index is 12.6. The molecule has 126 valence electrons. The highest BCUT2D eigenvalue weighted by molar-refractivity contribution is 9.10. The van der Waals surface area contributed by atoms with Gasteiger partial charge in [-0.2, -0.15) is 0 Å². The minimum absolute atomic E-state index is 0.00870. The summed E-state index contributed by atoms with van der Waals surface area (Å²) in [6.07, 6.45) is 1.55. The van der Waals surface area contributed by atoms with Crippen LogP contribution in [-0.2, 0) is 0 Å². The average Bonchev–Trinajstić information content (AvgIpc) is 2.88. The van der Waals surface area contributed by atoms with Gasteiger partial charge in [0.15, 0.2) is 5.78 Å². The predicted molar refractivity (Wildman–Crippen MR) is 103 cm³/mol. The molecule has 0 atom stereocenters. The van der Waals surface area contributed by atoms with Gasteiger partial charge in [0.05, 0.1) is 16.9 Å². The molecule has 2 aromatic carbocycles. The Hall–Kier alpha value is -2.73. The number of halogens is 1. The third kappa shape index (κ3) is 3.69. The molecule has 0 saturated carbocycles. The Labute approximate surface area is 153 Å². The van der Waals surface area contributed by atoms with E-state index in [9.17, 15) is 9.59 Å². The van der Waals surface area contributed by atoms with Crippen molar-refractivity contribution >= 4 is 33.6 Å². The molecule has 3 aromatic rings. The van der Waals surface area contributed by atoms with Crippen molar-refractivity contribution in [2.24, 2.45) is 4.99 Å². The molecule has 0 aliphatic rings. The molecule has 6 heteroatoms. The first-order valence-corrected chi connectivity index (χ1v) is 8.47. The summed E-state index contributed by atoms with van der Waals surface area (Å²) in [6.45, 7) is 3.35. The Balaban J connectivity index is 1.91. The molecule has 1 N–H and O–H groups in total. The van der Waals surface area contributed by atoms with Gasteiger partial charge in [-0.15, -0.1) is 0 Å². The van der Waals surface area contributed by atoms with E-state index in [2.05, 4.69) is 26.0 Å². The average molecular weight is 398 g/mol. The Morgan fingerprint density at radius 3 is 2.36 bits per heavy atom. The molecule has 0 spiro atoms. The van der Waals surface area contributed by atoms with Crippen LogP contribution in [0.2, 0.25) is 0 Å². The number of H-pyrrole nitrogens is 1. The fraction of sp³-hybridized carbons (Fsp3) is 0.105. The first-order chi connectivity index (χ1) is 12.0. The van der Waals surface area contributed by atoms with E-state index in [0.29, 0.717) is 16.8 Å². The van der Waals surface area contributed by atoms with Crippen molar-refractivity contribution in [1.29, 1.82) is 0 Å². The molecule has 0 fully saturated rings. The molecule has 0 unspecified atom stereocenters. The van der Waals surface area contributed by atoms with Gasteiger partial charge in [-0.25, -0.2) is 4.68 Å². The van der Waals surface area contributed by atoms with E-state index < -0.39 is 0 Å². The normalized spacial score (nSPS) is 11.2. The number of benzene rings is 2. The third-order valence-corrected chi connectivity index (χ3v) is 4.35. The summed E-state index contributed by atoms with van der Waals surface area (Å²) in [6, 6.07) is 14.4. The molecule has 5 nitrogen and oxygen atoms in total. The van der Waals surface area contributed by atoms with Crippen LogP contribution in [-0.4, -0.2) is 21.8 Å². The van der Waals surface area contributed by atoms with Gasteiger partial charge in [-0.05, 0) is 62.4 Å². The number of aliphatic imine (C=N–C) groups is 1. The zero-order chi connectivity index (χ0) is 18.0. The highest BCUT2D eigenvalue weighted by atomic mass is 79.9. The lowest BCUT2D eigenvalue weighted by Crippen LogP contribution is -2.17. The molecule has 0 aliphatic carbocycles. The zero-order valence-electron chi connectivity index (χ0n) is 13.8. The summed E-state index contributed by atoms with van der Waals surface area (Å²) in [5, 5.41) is 3.06. The van der Waals surface area contributed by atoms with Crippen LogP contribution in [0.3, 0.4) is 0 Å². The molecule has 1 aromatic heterocycles. The third-order valence-electron chi connectivity index (χ3n) is 3.82. The van der Waals surface area contributed by atoms with Gasteiger partial charge < -0.3 is 0 Å². The Morgan fingerprint density at radius 1 is 1.12 bits per heavy atom. The summed E-state index contributed by atoms with van der Waals surface area (Å²) < 4.78 is 2.44. The lowest BCUT2D eigenvalue weighted by molar-refractivity contribution is 0.101. The summed E-state index contributed by atoms with van der Waals surface area (Å²) >= 11 is 3.38. The van der Waals surface area contributed by atoms with Crippen molar-refractivity contribution in [1.82, 2.24) is 9.78 Å². The largest absolute Gasteiger partial charge is 0.295 e. The van der Waals surface area contributed by atoms with Crippen LogP contribution in [0, 0.1) is 6.92 Å². The van der Waals surface area contributed by atoms with E-state index in [1.54, 1.807) is 30.5 Å². The smallest absolute Gasteiger partial charge is 0.280 e. The van der Waals surface area contributed by atoms with E-state index in [0.717, 1.165) is 15.9 Å². The monoisotopic (exact) mass is 397 g/mol. The number of rotatable bonds is 4. The van der Waals surface area contributed by atoms with Crippen molar-refractivity contribution in [2.45, 2.75) is 13.8 Å². The second kappa shape index (κ2) is 7.03. The fourth-order valence-electron chi connectivity index (χ4n) is 2.40. The molecule has 3 rings (SSSR count). The van der Waals surface area contributed by atoms with Crippen LogP contribution < -0.4 is 5.56 Å². The first kappa shape index (κ1) is 17.1. The van der Waals surface area contributed by atoms with Gasteiger partial charge in [0.2, 0.25) is 0 Å². The maximum Gasteiger partial charge on any atom is 0.280 e. The van der Waals surface area contributed by atoms with Gasteiger partial charge >= 0.3 is 0 Å². The lowest BCUT2D eigenvalue weighted by atomic mass is 10.1. The number of aryl methyl sites for hydroxylation is 1. The van der Waals surface area contributed by atoms with E-state index >= 15 is 0 Å². The molecule has 0 amide bonds. The Bertz CT molecular complexity index is 997. The minimum Gasteiger partial charge on any atom is -0.295 e. The molecule has 25 heavy (non-hydrogen) atoms. The van der Waals surface area contributed by atoms with Crippen LogP contribution in [0.1, 0.15) is 28.5 Å². The SMILES string of the molecule is CC(=O)c1ccc(N=Cc2c(C)[nH]n(-c3ccc(Br)cc3)c2=O)cc1. The molecular weight excluding hydrogens is 382 g/mol. The number of ketones is 1. The second-order valence-corrected chi connectivity index (χ2v) is 6.54. The summed E-state index contributed by atoms with van der Waals surface area (Å²) in [5.41, 5.74) is 3.14. The highest BCUT2D eigenvalue weighted by Gasteiger charge is 2.10. The number of aromatic amines is 1. The van der Waals surface area contributed by atoms with Crippen LogP contribution >= 0.6 is 15.9 Å². The van der Waals surface area contributed by atoms with Crippen LogP contribution in [0.15, 0.2) is 62.8 Å². The van der Waals surface area contributed by atoms with E-state index in [1.165, 1.54) is 11.6 Å². The van der Waals surface area contributed by atoms with Crippen molar-refractivity contribution in [3.8, 4) is 5.69 Å². The number of carbonyl (C=O) groups is 1. The number of aromatic nitrogens is 2. The standard InChI is InChI=1S/C19H16BrN3O2/c1-12-18(11-21-16-7-3-14(4-8-16)13(2)24)19(25)23(22-12)17-9-5-15(20)6-10-17/h3-11,22H,1-2H3.